The molecule has 0 amide bonds. The predicted octanol–water partition coefficient (Wildman–Crippen LogP) is 1.99. The summed E-state index contributed by atoms with van der Waals surface area (Å²) >= 11 is 5.59. The Labute approximate surface area is 89.2 Å². The molecule has 0 spiro atoms. The molecule has 2 rings (SSSR count). The highest BCUT2D eigenvalue weighted by Crippen LogP contribution is 2.32. The van der Waals surface area contributed by atoms with Crippen molar-refractivity contribution in [2.75, 3.05) is 25.6 Å². The first-order chi connectivity index (χ1) is 6.92. The van der Waals surface area contributed by atoms with Crippen LogP contribution in [0.2, 0.25) is 0 Å². The summed E-state index contributed by atoms with van der Waals surface area (Å²) in [5.41, 5.74) is 1.31. The van der Waals surface area contributed by atoms with Crippen LogP contribution in [0, 0.1) is 0 Å². The van der Waals surface area contributed by atoms with Crippen LogP contribution >= 0.6 is 11.6 Å². The average Bonchev–Trinajstić information content (AvgIpc) is 2.63. The van der Waals surface area contributed by atoms with E-state index in [9.17, 15) is 0 Å². The van der Waals surface area contributed by atoms with E-state index in [1.165, 1.54) is 5.56 Å². The third kappa shape index (κ3) is 2.02. The molecule has 0 aromatic heterocycles. The lowest BCUT2D eigenvalue weighted by Crippen LogP contribution is -2.24. The smallest absolute Gasteiger partial charge is 0.122 e. The van der Waals surface area contributed by atoms with E-state index in [0.717, 1.165) is 25.4 Å². The number of nitrogens with one attached hydrogen (secondary N) is 1. The van der Waals surface area contributed by atoms with E-state index in [2.05, 4.69) is 17.4 Å². The maximum atomic E-state index is 5.59. The lowest BCUT2D eigenvalue weighted by molar-refractivity contribution is 0.327. The van der Waals surface area contributed by atoms with Crippen molar-refractivity contribution in [1.29, 1.82) is 0 Å². The molecular formula is C11H14ClNO. The maximum absolute atomic E-state index is 5.59. The minimum absolute atomic E-state index is 0.481. The Balaban J connectivity index is 1.96. The van der Waals surface area contributed by atoms with Crippen molar-refractivity contribution in [3.8, 4) is 5.75 Å². The van der Waals surface area contributed by atoms with Gasteiger partial charge in [-0.05, 0) is 6.07 Å². The summed E-state index contributed by atoms with van der Waals surface area (Å²) in [5, 5.41) is 3.31. The van der Waals surface area contributed by atoms with E-state index < -0.39 is 0 Å². The van der Waals surface area contributed by atoms with E-state index >= 15 is 0 Å². The lowest BCUT2D eigenvalue weighted by Gasteiger charge is -2.08. The molecular weight excluding hydrogens is 198 g/mol. The van der Waals surface area contributed by atoms with Gasteiger partial charge in [-0.25, -0.2) is 0 Å². The summed E-state index contributed by atoms with van der Waals surface area (Å²) in [7, 11) is 0. The Morgan fingerprint density at radius 3 is 3.14 bits per heavy atom. The van der Waals surface area contributed by atoms with Gasteiger partial charge < -0.3 is 10.1 Å². The van der Waals surface area contributed by atoms with E-state index in [4.69, 9.17) is 16.3 Å². The largest absolute Gasteiger partial charge is 0.493 e. The molecule has 0 saturated heterocycles. The molecule has 0 aliphatic carbocycles. The van der Waals surface area contributed by atoms with Crippen LogP contribution < -0.4 is 10.1 Å². The van der Waals surface area contributed by atoms with Crippen molar-refractivity contribution in [2.45, 2.75) is 5.92 Å². The van der Waals surface area contributed by atoms with Crippen molar-refractivity contribution in [3.63, 3.8) is 0 Å². The van der Waals surface area contributed by atoms with Crippen LogP contribution in [-0.4, -0.2) is 25.6 Å². The number of para-hydroxylation sites is 1. The highest BCUT2D eigenvalue weighted by atomic mass is 35.5. The van der Waals surface area contributed by atoms with E-state index in [1.807, 2.05) is 12.1 Å². The van der Waals surface area contributed by atoms with Gasteiger partial charge in [-0.1, -0.05) is 18.2 Å². The molecule has 1 aliphatic heterocycles. The van der Waals surface area contributed by atoms with E-state index in [-0.39, 0.29) is 0 Å². The van der Waals surface area contributed by atoms with Gasteiger partial charge in [0.1, 0.15) is 5.75 Å². The second kappa shape index (κ2) is 4.67. The second-order valence-electron chi connectivity index (χ2n) is 3.44. The van der Waals surface area contributed by atoms with Gasteiger partial charge in [0.05, 0.1) is 6.61 Å². The normalized spacial score (nSPS) is 19.1. The highest BCUT2D eigenvalue weighted by Gasteiger charge is 2.22. The molecule has 0 fully saturated rings. The second-order valence-corrected chi connectivity index (χ2v) is 3.82. The highest BCUT2D eigenvalue weighted by molar-refractivity contribution is 6.18. The molecule has 0 saturated carbocycles. The van der Waals surface area contributed by atoms with Crippen LogP contribution in [0.25, 0.3) is 0 Å². The van der Waals surface area contributed by atoms with Gasteiger partial charge in [0.15, 0.2) is 0 Å². The molecule has 3 heteroatoms. The van der Waals surface area contributed by atoms with Crippen LogP contribution in [0.4, 0.5) is 0 Å². The molecule has 2 nitrogen and oxygen atoms in total. The third-order valence-electron chi connectivity index (χ3n) is 2.46. The molecule has 1 aromatic carbocycles. The summed E-state index contributed by atoms with van der Waals surface area (Å²) in [4.78, 5) is 0. The Morgan fingerprint density at radius 1 is 1.43 bits per heavy atom. The number of rotatable bonds is 4. The molecule has 14 heavy (non-hydrogen) atoms. The molecule has 76 valence electrons. The first-order valence-electron chi connectivity index (χ1n) is 4.90. The Bertz CT molecular complexity index is 303. The van der Waals surface area contributed by atoms with Crippen molar-refractivity contribution in [1.82, 2.24) is 5.32 Å². The molecule has 1 atom stereocenters. The quantitative estimate of drug-likeness (QED) is 0.608. The molecule has 1 heterocycles. The van der Waals surface area contributed by atoms with E-state index in [1.54, 1.807) is 0 Å². The number of fused-ring (bicyclic) bond motifs is 1. The lowest BCUT2D eigenvalue weighted by atomic mass is 10.0. The fraction of sp³-hybridized carbons (Fsp3) is 0.455. The first kappa shape index (κ1) is 9.81. The molecule has 1 aliphatic rings. The Hall–Kier alpha value is -0.730. The summed E-state index contributed by atoms with van der Waals surface area (Å²) in [6.07, 6.45) is 0. The summed E-state index contributed by atoms with van der Waals surface area (Å²) in [5.74, 6) is 2.18. The molecule has 1 aromatic rings. The van der Waals surface area contributed by atoms with Gasteiger partial charge in [0.2, 0.25) is 0 Å². The van der Waals surface area contributed by atoms with Crippen LogP contribution in [0.3, 0.4) is 0 Å². The minimum Gasteiger partial charge on any atom is -0.493 e. The number of ether oxygens (including phenoxy) is 1. The molecule has 1 N–H and O–H groups in total. The number of halogens is 1. The van der Waals surface area contributed by atoms with Gasteiger partial charge in [-0.15, -0.1) is 11.6 Å². The van der Waals surface area contributed by atoms with Crippen molar-refractivity contribution >= 4 is 11.6 Å². The van der Waals surface area contributed by atoms with Crippen LogP contribution in [0.1, 0.15) is 11.5 Å². The zero-order valence-corrected chi connectivity index (χ0v) is 8.76. The summed E-state index contributed by atoms with van der Waals surface area (Å²) in [6.45, 7) is 2.60. The van der Waals surface area contributed by atoms with Gasteiger partial charge in [0, 0.05) is 30.5 Å². The SMILES string of the molecule is ClCCNCC1COc2ccccc21. The summed E-state index contributed by atoms with van der Waals surface area (Å²) in [6, 6.07) is 8.22. The molecule has 0 bridgehead atoms. The number of hydrogen-bond acceptors (Lipinski definition) is 2. The third-order valence-corrected chi connectivity index (χ3v) is 2.65. The zero-order chi connectivity index (χ0) is 9.80. The topological polar surface area (TPSA) is 21.3 Å². The van der Waals surface area contributed by atoms with Gasteiger partial charge in [-0.2, -0.15) is 0 Å². The van der Waals surface area contributed by atoms with Crippen LogP contribution in [-0.2, 0) is 0 Å². The Kier molecular flexibility index (Phi) is 3.27. The number of hydrogen-bond donors (Lipinski definition) is 1. The molecule has 1 unspecified atom stereocenters. The summed E-state index contributed by atoms with van der Waals surface area (Å²) < 4.78 is 5.57. The van der Waals surface area contributed by atoms with Crippen molar-refractivity contribution in [2.24, 2.45) is 0 Å². The van der Waals surface area contributed by atoms with Gasteiger partial charge in [-0.3, -0.25) is 0 Å². The molecule has 0 radical (unpaired) electrons. The zero-order valence-electron chi connectivity index (χ0n) is 8.00. The monoisotopic (exact) mass is 211 g/mol. The fourth-order valence-corrected chi connectivity index (χ4v) is 1.88. The fourth-order valence-electron chi connectivity index (χ4n) is 1.74. The van der Waals surface area contributed by atoms with Gasteiger partial charge in [0.25, 0.3) is 0 Å². The van der Waals surface area contributed by atoms with E-state index in [0.29, 0.717) is 11.8 Å². The standard InChI is InChI=1S/C11H14ClNO/c12-5-6-13-7-9-8-14-11-4-2-1-3-10(9)11/h1-4,9,13H,5-8H2. The number of benzene rings is 1. The van der Waals surface area contributed by atoms with Crippen LogP contribution in [0.5, 0.6) is 5.75 Å². The average molecular weight is 212 g/mol. The minimum atomic E-state index is 0.481. The van der Waals surface area contributed by atoms with Crippen molar-refractivity contribution < 1.29 is 4.74 Å². The van der Waals surface area contributed by atoms with Gasteiger partial charge >= 0.3 is 0 Å². The Morgan fingerprint density at radius 2 is 2.29 bits per heavy atom. The first-order valence-corrected chi connectivity index (χ1v) is 5.43. The van der Waals surface area contributed by atoms with Crippen LogP contribution in [0.15, 0.2) is 24.3 Å². The maximum Gasteiger partial charge on any atom is 0.122 e. The van der Waals surface area contributed by atoms with Crippen molar-refractivity contribution in [3.05, 3.63) is 29.8 Å². The predicted molar refractivity (Wildman–Crippen MR) is 58.3 cm³/mol. The number of alkyl halides is 1.